The Labute approximate surface area is 172 Å². The highest BCUT2D eigenvalue weighted by Gasteiger charge is 2.39. The number of nitrogens with two attached hydrogens (primary N) is 2. The van der Waals surface area contributed by atoms with Crippen LogP contribution in [-0.2, 0) is 28.8 Å². The third-order valence-corrected chi connectivity index (χ3v) is 4.54. The highest BCUT2D eigenvalue weighted by Crippen LogP contribution is 2.19. The molecule has 4 atom stereocenters. The van der Waals surface area contributed by atoms with Crippen LogP contribution in [0.5, 0.6) is 0 Å². The van der Waals surface area contributed by atoms with Crippen LogP contribution in [0.2, 0.25) is 0 Å². The molecule has 168 valence electrons. The summed E-state index contributed by atoms with van der Waals surface area (Å²) >= 11 is 0. The lowest BCUT2D eigenvalue weighted by Gasteiger charge is -2.28. The summed E-state index contributed by atoms with van der Waals surface area (Å²) in [6, 6.07) is -4.94. The van der Waals surface area contributed by atoms with E-state index in [1.165, 1.54) is 6.92 Å². The second-order valence-electron chi connectivity index (χ2n) is 7.04. The van der Waals surface area contributed by atoms with E-state index in [1.807, 2.05) is 0 Å². The van der Waals surface area contributed by atoms with Gasteiger partial charge in [0.1, 0.15) is 18.1 Å². The van der Waals surface area contributed by atoms with Crippen molar-refractivity contribution in [1.29, 1.82) is 0 Å². The second kappa shape index (κ2) is 11.1. The van der Waals surface area contributed by atoms with Crippen LogP contribution >= 0.6 is 0 Å². The molecule has 13 heteroatoms. The van der Waals surface area contributed by atoms with Crippen molar-refractivity contribution in [2.24, 2.45) is 11.5 Å². The molecule has 0 spiro atoms. The fourth-order valence-electron chi connectivity index (χ4n) is 2.99. The Kier molecular flexibility index (Phi) is 9.17. The molecule has 1 aliphatic rings. The van der Waals surface area contributed by atoms with Gasteiger partial charge in [-0.3, -0.25) is 24.0 Å². The van der Waals surface area contributed by atoms with Gasteiger partial charge < -0.3 is 37.2 Å². The van der Waals surface area contributed by atoms with Gasteiger partial charge in [0, 0.05) is 13.0 Å². The minimum Gasteiger partial charge on any atom is -0.481 e. The number of likely N-dealkylation sites (tertiary alicyclic amines) is 1. The van der Waals surface area contributed by atoms with E-state index in [4.69, 9.17) is 16.6 Å². The van der Waals surface area contributed by atoms with Crippen LogP contribution in [0.25, 0.3) is 0 Å². The van der Waals surface area contributed by atoms with Gasteiger partial charge in [-0.25, -0.2) is 4.79 Å². The summed E-state index contributed by atoms with van der Waals surface area (Å²) in [5.74, 6) is -5.84. The molecule has 13 nitrogen and oxygen atoms in total. The van der Waals surface area contributed by atoms with Crippen molar-refractivity contribution in [2.75, 3.05) is 6.54 Å². The van der Waals surface area contributed by atoms with E-state index in [0.717, 1.165) is 4.90 Å². The van der Waals surface area contributed by atoms with Gasteiger partial charge in [0.25, 0.3) is 0 Å². The number of hydrogen-bond donors (Lipinski definition) is 6. The molecule has 4 unspecified atom stereocenters. The number of carboxylic acid groups (broad SMARTS) is 2. The number of hydrogen-bond acceptors (Lipinski definition) is 7. The molecule has 0 bridgehead atoms. The van der Waals surface area contributed by atoms with Gasteiger partial charge in [0.15, 0.2) is 0 Å². The van der Waals surface area contributed by atoms with Gasteiger partial charge in [-0.05, 0) is 26.2 Å². The van der Waals surface area contributed by atoms with Crippen molar-refractivity contribution in [2.45, 2.75) is 63.2 Å². The van der Waals surface area contributed by atoms with Gasteiger partial charge in [-0.15, -0.1) is 0 Å². The summed E-state index contributed by atoms with van der Waals surface area (Å²) < 4.78 is 0. The van der Waals surface area contributed by atoms with Crippen molar-refractivity contribution >= 4 is 35.6 Å². The molecule has 1 fully saturated rings. The summed E-state index contributed by atoms with van der Waals surface area (Å²) in [7, 11) is 0. The minimum atomic E-state index is -1.56. The molecule has 1 rings (SSSR count). The number of primary amides is 1. The number of nitrogens with zero attached hydrogens (tertiary/aromatic N) is 1. The number of rotatable bonds is 11. The number of carboxylic acids is 2. The largest absolute Gasteiger partial charge is 0.481 e. The smallest absolute Gasteiger partial charge is 0.326 e. The molecule has 1 heterocycles. The molecular formula is C17H27N5O8. The van der Waals surface area contributed by atoms with Crippen molar-refractivity contribution < 1.29 is 39.0 Å². The Balaban J connectivity index is 3.00. The fourth-order valence-corrected chi connectivity index (χ4v) is 2.99. The zero-order valence-electron chi connectivity index (χ0n) is 16.5. The maximum atomic E-state index is 12.8. The third-order valence-electron chi connectivity index (χ3n) is 4.54. The molecule has 1 saturated heterocycles. The van der Waals surface area contributed by atoms with E-state index in [9.17, 15) is 33.9 Å². The first-order valence-electron chi connectivity index (χ1n) is 9.33. The Bertz CT molecular complexity index is 710. The molecule has 30 heavy (non-hydrogen) atoms. The molecule has 0 radical (unpaired) electrons. The zero-order chi connectivity index (χ0) is 23.0. The molecular weight excluding hydrogens is 402 g/mol. The summed E-state index contributed by atoms with van der Waals surface area (Å²) in [4.78, 5) is 71.8. The number of carbonyl (C=O) groups excluding carboxylic acids is 4. The van der Waals surface area contributed by atoms with Crippen LogP contribution in [0, 0.1) is 0 Å². The molecule has 0 aromatic carbocycles. The van der Waals surface area contributed by atoms with Crippen molar-refractivity contribution in [3.8, 4) is 0 Å². The van der Waals surface area contributed by atoms with Gasteiger partial charge in [-0.2, -0.15) is 0 Å². The van der Waals surface area contributed by atoms with Crippen LogP contribution in [0.1, 0.15) is 39.0 Å². The highest BCUT2D eigenvalue weighted by molar-refractivity contribution is 5.96. The van der Waals surface area contributed by atoms with E-state index in [2.05, 4.69) is 10.6 Å². The van der Waals surface area contributed by atoms with Gasteiger partial charge in [-0.1, -0.05) is 0 Å². The Morgan fingerprint density at radius 3 is 2.17 bits per heavy atom. The Hall–Kier alpha value is -3.22. The number of nitrogens with one attached hydrogen (secondary N) is 2. The van der Waals surface area contributed by atoms with Crippen LogP contribution in [0.15, 0.2) is 0 Å². The van der Waals surface area contributed by atoms with Gasteiger partial charge in [0.2, 0.25) is 23.6 Å². The predicted molar refractivity (Wildman–Crippen MR) is 101 cm³/mol. The zero-order valence-corrected chi connectivity index (χ0v) is 16.5. The lowest BCUT2D eigenvalue weighted by Crippen LogP contribution is -2.57. The average Bonchev–Trinajstić information content (AvgIpc) is 3.12. The standard InChI is InChI=1S/C17H27N5O8/c1-8(18)14(26)20-9(4-5-12(19)23)15(27)21-10(7-13(24)25)16(28)22-6-2-3-11(22)17(29)30/h8-11H,2-7,18H2,1H3,(H2,19,23)(H,20,26)(H,21,27)(H,24,25)(H,29,30). The first-order valence-corrected chi connectivity index (χ1v) is 9.33. The van der Waals surface area contributed by atoms with E-state index < -0.39 is 66.2 Å². The first kappa shape index (κ1) is 24.8. The molecule has 0 aliphatic carbocycles. The maximum absolute atomic E-state index is 12.8. The first-order chi connectivity index (χ1) is 13.9. The van der Waals surface area contributed by atoms with Crippen molar-refractivity contribution in [3.63, 3.8) is 0 Å². The summed E-state index contributed by atoms with van der Waals surface area (Å²) in [5, 5.41) is 22.9. The normalized spacial score (nSPS) is 18.7. The fraction of sp³-hybridized carbons (Fsp3) is 0.647. The lowest BCUT2D eigenvalue weighted by atomic mass is 10.1. The molecule has 1 aliphatic heterocycles. The van der Waals surface area contributed by atoms with E-state index in [1.54, 1.807) is 0 Å². The quantitative estimate of drug-likeness (QED) is 0.198. The summed E-state index contributed by atoms with van der Waals surface area (Å²) in [6.07, 6.45) is -0.628. The van der Waals surface area contributed by atoms with Crippen LogP contribution in [-0.4, -0.2) is 81.4 Å². The molecule has 0 aromatic heterocycles. The number of aliphatic carboxylic acids is 2. The summed E-state index contributed by atoms with van der Waals surface area (Å²) in [6.45, 7) is 1.48. The highest BCUT2D eigenvalue weighted by atomic mass is 16.4. The van der Waals surface area contributed by atoms with Crippen molar-refractivity contribution in [3.05, 3.63) is 0 Å². The van der Waals surface area contributed by atoms with Gasteiger partial charge in [0.05, 0.1) is 12.5 Å². The van der Waals surface area contributed by atoms with Crippen LogP contribution < -0.4 is 22.1 Å². The topological polar surface area (TPSA) is 222 Å². The second-order valence-corrected chi connectivity index (χ2v) is 7.04. The average molecular weight is 429 g/mol. The van der Waals surface area contributed by atoms with Crippen molar-refractivity contribution in [1.82, 2.24) is 15.5 Å². The monoisotopic (exact) mass is 429 g/mol. The minimum absolute atomic E-state index is 0.105. The number of carbonyl (C=O) groups is 6. The lowest BCUT2D eigenvalue weighted by molar-refractivity contribution is -0.150. The SMILES string of the molecule is CC(N)C(=O)NC(CCC(N)=O)C(=O)NC(CC(=O)O)C(=O)N1CCCC1C(=O)O. The number of amides is 4. The molecule has 8 N–H and O–H groups in total. The van der Waals surface area contributed by atoms with E-state index in [-0.39, 0.29) is 25.8 Å². The summed E-state index contributed by atoms with van der Waals surface area (Å²) in [5.41, 5.74) is 10.5. The molecule has 0 saturated carbocycles. The van der Waals surface area contributed by atoms with E-state index in [0.29, 0.717) is 6.42 Å². The van der Waals surface area contributed by atoms with Crippen LogP contribution in [0.3, 0.4) is 0 Å². The van der Waals surface area contributed by atoms with Gasteiger partial charge >= 0.3 is 11.9 Å². The maximum Gasteiger partial charge on any atom is 0.326 e. The van der Waals surface area contributed by atoms with E-state index >= 15 is 0 Å². The molecule has 0 aromatic rings. The Morgan fingerprint density at radius 2 is 1.67 bits per heavy atom. The predicted octanol–water partition coefficient (Wildman–Crippen LogP) is -2.88. The Morgan fingerprint density at radius 1 is 1.07 bits per heavy atom. The van der Waals surface area contributed by atoms with Crippen LogP contribution in [0.4, 0.5) is 0 Å². The third kappa shape index (κ3) is 7.31. The molecule has 4 amide bonds.